The van der Waals surface area contributed by atoms with Crippen LogP contribution in [0.5, 0.6) is 0 Å². The molecule has 1 saturated heterocycles. The molecule has 0 N–H and O–H groups in total. The van der Waals surface area contributed by atoms with Crippen LogP contribution in [0.25, 0.3) is 0 Å². The van der Waals surface area contributed by atoms with E-state index in [2.05, 4.69) is 0 Å². The molecular weight excluding hydrogens is 292 g/mol. The quantitative estimate of drug-likeness (QED) is 0.838. The molecule has 0 aromatic heterocycles. The normalized spacial score (nSPS) is 15.3. The Hall–Kier alpha value is -2.04. The SMILES string of the molecule is CCC(=O)N(CC)C1CCN(C(=O)OCc2ccccc2)CC1. The first-order chi connectivity index (χ1) is 11.2. The Morgan fingerprint density at radius 2 is 1.83 bits per heavy atom. The molecule has 2 amide bonds. The van der Waals surface area contributed by atoms with Gasteiger partial charge >= 0.3 is 6.09 Å². The summed E-state index contributed by atoms with van der Waals surface area (Å²) in [5.74, 6) is 0.192. The summed E-state index contributed by atoms with van der Waals surface area (Å²) in [6.45, 7) is 6.22. The lowest BCUT2D eigenvalue weighted by Gasteiger charge is -2.37. The lowest BCUT2D eigenvalue weighted by atomic mass is 10.0. The van der Waals surface area contributed by atoms with Crippen molar-refractivity contribution in [1.82, 2.24) is 9.80 Å². The van der Waals surface area contributed by atoms with Gasteiger partial charge in [-0.05, 0) is 25.3 Å². The van der Waals surface area contributed by atoms with Gasteiger partial charge in [0.2, 0.25) is 5.91 Å². The van der Waals surface area contributed by atoms with Crippen molar-refractivity contribution in [2.24, 2.45) is 0 Å². The van der Waals surface area contributed by atoms with Gasteiger partial charge in [0.05, 0.1) is 0 Å². The number of piperidine rings is 1. The minimum Gasteiger partial charge on any atom is -0.445 e. The molecule has 1 heterocycles. The van der Waals surface area contributed by atoms with Crippen LogP contribution in [0.15, 0.2) is 30.3 Å². The third-order valence-corrected chi connectivity index (χ3v) is 4.33. The van der Waals surface area contributed by atoms with E-state index in [1.165, 1.54) is 0 Å². The minimum absolute atomic E-state index is 0.192. The van der Waals surface area contributed by atoms with Crippen molar-refractivity contribution in [2.45, 2.75) is 45.8 Å². The third kappa shape index (κ3) is 4.71. The molecule has 0 bridgehead atoms. The Kier molecular flexibility index (Phi) is 6.44. The van der Waals surface area contributed by atoms with Gasteiger partial charge in [-0.1, -0.05) is 37.3 Å². The van der Waals surface area contributed by atoms with Crippen molar-refractivity contribution in [3.05, 3.63) is 35.9 Å². The maximum absolute atomic E-state index is 12.1. The molecule has 23 heavy (non-hydrogen) atoms. The summed E-state index contributed by atoms with van der Waals surface area (Å²) in [4.78, 5) is 27.7. The van der Waals surface area contributed by atoms with Gasteiger partial charge in [0.1, 0.15) is 6.61 Å². The summed E-state index contributed by atoms with van der Waals surface area (Å²) in [6, 6.07) is 9.92. The number of carbonyl (C=O) groups excluding carboxylic acids is 2. The Morgan fingerprint density at radius 3 is 2.39 bits per heavy atom. The molecule has 1 aromatic carbocycles. The van der Waals surface area contributed by atoms with Gasteiger partial charge < -0.3 is 14.5 Å². The molecule has 1 aromatic rings. The fraction of sp³-hybridized carbons (Fsp3) is 0.556. The summed E-state index contributed by atoms with van der Waals surface area (Å²) in [5, 5.41) is 0. The second-order valence-corrected chi connectivity index (χ2v) is 5.79. The molecule has 0 atom stereocenters. The minimum atomic E-state index is -0.267. The molecule has 0 saturated carbocycles. The molecular formula is C18H26N2O3. The van der Waals surface area contributed by atoms with Gasteiger partial charge in [0, 0.05) is 32.1 Å². The number of hydrogen-bond acceptors (Lipinski definition) is 3. The van der Waals surface area contributed by atoms with E-state index in [4.69, 9.17) is 4.74 Å². The molecule has 0 radical (unpaired) electrons. The zero-order valence-corrected chi connectivity index (χ0v) is 14.0. The van der Waals surface area contributed by atoms with E-state index in [9.17, 15) is 9.59 Å². The maximum atomic E-state index is 12.1. The first kappa shape index (κ1) is 17.3. The number of carbonyl (C=O) groups is 2. The van der Waals surface area contributed by atoms with E-state index in [0.29, 0.717) is 26.1 Å². The monoisotopic (exact) mass is 318 g/mol. The highest BCUT2D eigenvalue weighted by atomic mass is 16.6. The molecule has 5 heteroatoms. The Morgan fingerprint density at radius 1 is 1.17 bits per heavy atom. The number of likely N-dealkylation sites (tertiary alicyclic amines) is 1. The van der Waals surface area contributed by atoms with E-state index in [1.807, 2.05) is 49.1 Å². The number of nitrogens with zero attached hydrogens (tertiary/aromatic N) is 2. The number of benzene rings is 1. The van der Waals surface area contributed by atoms with Crippen molar-refractivity contribution >= 4 is 12.0 Å². The van der Waals surface area contributed by atoms with Gasteiger partial charge in [0.15, 0.2) is 0 Å². The highest BCUT2D eigenvalue weighted by Crippen LogP contribution is 2.18. The second kappa shape index (κ2) is 8.56. The molecule has 5 nitrogen and oxygen atoms in total. The van der Waals surface area contributed by atoms with Crippen LogP contribution in [0.2, 0.25) is 0 Å². The van der Waals surface area contributed by atoms with E-state index in [1.54, 1.807) is 4.90 Å². The lowest BCUT2D eigenvalue weighted by Crippen LogP contribution is -2.48. The average molecular weight is 318 g/mol. The first-order valence-electron chi connectivity index (χ1n) is 8.40. The third-order valence-electron chi connectivity index (χ3n) is 4.33. The molecule has 2 rings (SSSR count). The zero-order chi connectivity index (χ0) is 16.7. The summed E-state index contributed by atoms with van der Waals surface area (Å²) >= 11 is 0. The summed E-state index contributed by atoms with van der Waals surface area (Å²) in [5.41, 5.74) is 0.987. The summed E-state index contributed by atoms with van der Waals surface area (Å²) in [7, 11) is 0. The van der Waals surface area contributed by atoms with Crippen molar-refractivity contribution in [1.29, 1.82) is 0 Å². The molecule has 0 spiro atoms. The van der Waals surface area contributed by atoms with Crippen LogP contribution in [-0.2, 0) is 16.1 Å². The fourth-order valence-electron chi connectivity index (χ4n) is 3.01. The number of hydrogen-bond donors (Lipinski definition) is 0. The van der Waals surface area contributed by atoms with E-state index < -0.39 is 0 Å². The number of rotatable bonds is 5. The Balaban J connectivity index is 1.79. The van der Waals surface area contributed by atoms with E-state index in [0.717, 1.165) is 24.9 Å². The lowest BCUT2D eigenvalue weighted by molar-refractivity contribution is -0.133. The van der Waals surface area contributed by atoms with Crippen molar-refractivity contribution in [3.8, 4) is 0 Å². The van der Waals surface area contributed by atoms with Crippen molar-refractivity contribution in [3.63, 3.8) is 0 Å². The highest BCUT2D eigenvalue weighted by Gasteiger charge is 2.28. The van der Waals surface area contributed by atoms with Crippen LogP contribution < -0.4 is 0 Å². The summed E-state index contributed by atoms with van der Waals surface area (Å²) < 4.78 is 5.36. The van der Waals surface area contributed by atoms with E-state index in [-0.39, 0.29) is 18.0 Å². The van der Waals surface area contributed by atoms with Crippen LogP contribution in [0.4, 0.5) is 4.79 Å². The van der Waals surface area contributed by atoms with Gasteiger partial charge in [-0.25, -0.2) is 4.79 Å². The van der Waals surface area contributed by atoms with Crippen LogP contribution in [0.3, 0.4) is 0 Å². The maximum Gasteiger partial charge on any atom is 0.410 e. The molecule has 126 valence electrons. The number of ether oxygens (including phenoxy) is 1. The molecule has 1 fully saturated rings. The molecule has 0 aliphatic carbocycles. The predicted octanol–water partition coefficient (Wildman–Crippen LogP) is 3.05. The fourth-order valence-corrected chi connectivity index (χ4v) is 3.01. The number of amides is 2. The first-order valence-corrected chi connectivity index (χ1v) is 8.40. The highest BCUT2D eigenvalue weighted by molar-refractivity contribution is 5.76. The largest absolute Gasteiger partial charge is 0.445 e. The van der Waals surface area contributed by atoms with Crippen molar-refractivity contribution in [2.75, 3.05) is 19.6 Å². The van der Waals surface area contributed by atoms with Gasteiger partial charge in [0.25, 0.3) is 0 Å². The van der Waals surface area contributed by atoms with Gasteiger partial charge in [-0.2, -0.15) is 0 Å². The topological polar surface area (TPSA) is 49.9 Å². The smallest absolute Gasteiger partial charge is 0.410 e. The molecule has 1 aliphatic heterocycles. The standard InChI is InChI=1S/C18H26N2O3/c1-3-17(21)20(4-2)16-10-12-19(13-11-16)18(22)23-14-15-8-6-5-7-9-15/h5-9,16H,3-4,10-14H2,1-2H3. The Bertz CT molecular complexity index is 510. The molecule has 0 unspecified atom stereocenters. The predicted molar refractivity (Wildman–Crippen MR) is 88.9 cm³/mol. The van der Waals surface area contributed by atoms with Gasteiger partial charge in [-0.3, -0.25) is 4.79 Å². The zero-order valence-electron chi connectivity index (χ0n) is 14.0. The van der Waals surface area contributed by atoms with Crippen LogP contribution in [-0.4, -0.2) is 47.5 Å². The van der Waals surface area contributed by atoms with Crippen LogP contribution >= 0.6 is 0 Å². The average Bonchev–Trinajstić information content (AvgIpc) is 2.61. The van der Waals surface area contributed by atoms with E-state index >= 15 is 0 Å². The van der Waals surface area contributed by atoms with Gasteiger partial charge in [-0.15, -0.1) is 0 Å². The second-order valence-electron chi connectivity index (χ2n) is 5.79. The summed E-state index contributed by atoms with van der Waals surface area (Å²) in [6.07, 6.45) is 1.91. The van der Waals surface area contributed by atoms with Crippen LogP contribution in [0, 0.1) is 0 Å². The van der Waals surface area contributed by atoms with Crippen LogP contribution in [0.1, 0.15) is 38.7 Å². The van der Waals surface area contributed by atoms with Crippen molar-refractivity contribution < 1.29 is 14.3 Å². The molecule has 1 aliphatic rings. The Labute approximate surface area is 138 Å².